The van der Waals surface area contributed by atoms with Crippen LogP contribution in [0.15, 0.2) is 0 Å². The van der Waals surface area contributed by atoms with Gasteiger partial charge < -0.3 is 10.1 Å². The van der Waals surface area contributed by atoms with Gasteiger partial charge in [0, 0.05) is 19.6 Å². The fourth-order valence-corrected chi connectivity index (χ4v) is 3.66. The molecule has 0 aromatic heterocycles. The molecular formula is C16H21N3O6. The van der Waals surface area contributed by atoms with Gasteiger partial charge in [-0.05, 0) is 12.8 Å². The first-order valence-electron chi connectivity index (χ1n) is 8.58. The van der Waals surface area contributed by atoms with Crippen molar-refractivity contribution in [1.82, 2.24) is 15.1 Å². The lowest BCUT2D eigenvalue weighted by atomic mass is 9.81. The third-order valence-electron chi connectivity index (χ3n) is 4.99. The summed E-state index contributed by atoms with van der Waals surface area (Å²) < 4.78 is 4.85. The Bertz CT molecular complexity index is 595. The second-order valence-corrected chi connectivity index (χ2v) is 6.51. The summed E-state index contributed by atoms with van der Waals surface area (Å²) in [4.78, 5) is 61.6. The van der Waals surface area contributed by atoms with Crippen molar-refractivity contribution in [3.05, 3.63) is 0 Å². The lowest BCUT2D eigenvalue weighted by molar-refractivity contribution is -0.151. The van der Waals surface area contributed by atoms with Crippen LogP contribution >= 0.6 is 0 Å². The molecule has 3 rings (SSSR count). The van der Waals surface area contributed by atoms with Gasteiger partial charge in [0.05, 0.1) is 18.3 Å². The number of amides is 5. The van der Waals surface area contributed by atoms with Gasteiger partial charge in [-0.3, -0.25) is 29.0 Å². The monoisotopic (exact) mass is 351 g/mol. The third kappa shape index (κ3) is 3.49. The first-order valence-corrected chi connectivity index (χ1v) is 8.58. The topological polar surface area (TPSA) is 113 Å². The van der Waals surface area contributed by atoms with E-state index < -0.39 is 24.5 Å². The number of fused-ring (bicyclic) bond motifs is 1. The lowest BCUT2D eigenvalue weighted by Crippen LogP contribution is -2.37. The molecule has 9 nitrogen and oxygen atoms in total. The second kappa shape index (κ2) is 7.20. The minimum Gasteiger partial charge on any atom is -0.455 e. The number of hydrogen-bond acceptors (Lipinski definition) is 6. The van der Waals surface area contributed by atoms with Crippen LogP contribution in [0.1, 0.15) is 32.1 Å². The Morgan fingerprint density at radius 2 is 1.72 bits per heavy atom. The molecule has 3 aliphatic rings. The molecule has 3 fully saturated rings. The molecule has 1 saturated carbocycles. The van der Waals surface area contributed by atoms with Gasteiger partial charge in [-0.25, -0.2) is 4.79 Å². The molecule has 5 amide bonds. The molecule has 0 aromatic rings. The van der Waals surface area contributed by atoms with Crippen LogP contribution in [0.2, 0.25) is 0 Å². The van der Waals surface area contributed by atoms with Crippen molar-refractivity contribution in [2.45, 2.75) is 32.1 Å². The van der Waals surface area contributed by atoms with Crippen molar-refractivity contribution in [2.75, 3.05) is 26.2 Å². The van der Waals surface area contributed by atoms with Crippen molar-refractivity contribution >= 4 is 29.7 Å². The van der Waals surface area contributed by atoms with Crippen LogP contribution in [0.3, 0.4) is 0 Å². The summed E-state index contributed by atoms with van der Waals surface area (Å²) in [6.45, 7) is 0.0656. The summed E-state index contributed by atoms with van der Waals surface area (Å²) in [6, 6.07) is -0.503. The van der Waals surface area contributed by atoms with Crippen molar-refractivity contribution < 1.29 is 28.7 Å². The zero-order chi connectivity index (χ0) is 18.0. The molecule has 136 valence electrons. The summed E-state index contributed by atoms with van der Waals surface area (Å²) in [5.74, 6) is -2.16. The highest BCUT2D eigenvalue weighted by Crippen LogP contribution is 2.37. The molecule has 0 bridgehead atoms. The summed E-state index contributed by atoms with van der Waals surface area (Å²) >= 11 is 0. The molecule has 0 radical (unpaired) electrons. The zero-order valence-corrected chi connectivity index (χ0v) is 13.9. The van der Waals surface area contributed by atoms with E-state index in [1.807, 2.05) is 0 Å². The number of carbonyl (C=O) groups excluding carboxylic acids is 5. The summed E-state index contributed by atoms with van der Waals surface area (Å²) in [7, 11) is 0. The van der Waals surface area contributed by atoms with Crippen LogP contribution < -0.4 is 5.32 Å². The Kier molecular flexibility index (Phi) is 5.00. The molecule has 1 aliphatic carbocycles. The molecule has 0 unspecified atom stereocenters. The fourth-order valence-electron chi connectivity index (χ4n) is 3.66. The maximum Gasteiger partial charge on any atom is 0.324 e. The molecule has 2 saturated heterocycles. The van der Waals surface area contributed by atoms with Crippen LogP contribution in [-0.4, -0.2) is 65.8 Å². The van der Waals surface area contributed by atoms with Crippen LogP contribution in [-0.2, 0) is 23.9 Å². The van der Waals surface area contributed by atoms with E-state index in [4.69, 9.17) is 4.74 Å². The van der Waals surface area contributed by atoms with Gasteiger partial charge in [0.25, 0.3) is 5.91 Å². The smallest absolute Gasteiger partial charge is 0.324 e. The van der Waals surface area contributed by atoms with Crippen molar-refractivity contribution in [3.8, 4) is 0 Å². The highest BCUT2D eigenvalue weighted by molar-refractivity contribution is 6.05. The van der Waals surface area contributed by atoms with Gasteiger partial charge in [0.15, 0.2) is 6.61 Å². The summed E-state index contributed by atoms with van der Waals surface area (Å²) in [5.41, 5.74) is 0. The third-order valence-corrected chi connectivity index (χ3v) is 4.99. The highest BCUT2D eigenvalue weighted by atomic mass is 16.5. The van der Waals surface area contributed by atoms with Gasteiger partial charge in [0.2, 0.25) is 11.8 Å². The first kappa shape index (κ1) is 17.4. The maximum absolute atomic E-state index is 12.3. The number of hydrogen-bond donors (Lipinski definition) is 1. The number of esters is 1. The Hall–Kier alpha value is -2.45. The average Bonchev–Trinajstić information content (AvgIpc) is 3.14. The van der Waals surface area contributed by atoms with Gasteiger partial charge in [-0.2, -0.15) is 0 Å². The second-order valence-electron chi connectivity index (χ2n) is 6.51. The SMILES string of the molecule is O=C(CCN1C(=O)[C@@H]2CCCC[C@H]2C1=O)OCC(=O)N1CCNC1=O. The quantitative estimate of drug-likeness (QED) is 0.535. The molecule has 1 N–H and O–H groups in total. The Morgan fingerprint density at radius 1 is 1.08 bits per heavy atom. The fraction of sp³-hybridized carbons (Fsp3) is 0.688. The predicted molar refractivity (Wildman–Crippen MR) is 82.9 cm³/mol. The maximum atomic E-state index is 12.3. The molecule has 0 spiro atoms. The van der Waals surface area contributed by atoms with Gasteiger partial charge >= 0.3 is 12.0 Å². The van der Waals surface area contributed by atoms with E-state index in [1.54, 1.807) is 0 Å². The molecule has 9 heteroatoms. The highest BCUT2D eigenvalue weighted by Gasteiger charge is 2.47. The van der Waals surface area contributed by atoms with Crippen molar-refractivity contribution in [2.24, 2.45) is 11.8 Å². The molecule has 2 aliphatic heterocycles. The zero-order valence-electron chi connectivity index (χ0n) is 13.9. The lowest BCUT2D eigenvalue weighted by Gasteiger charge is -2.19. The Labute approximate surface area is 144 Å². The minimum absolute atomic E-state index is 0.0259. The van der Waals surface area contributed by atoms with Crippen LogP contribution in [0, 0.1) is 11.8 Å². The number of urea groups is 1. The minimum atomic E-state index is -0.677. The standard InChI is InChI=1S/C16H21N3O6/c20-12(18-8-6-17-16(18)24)9-25-13(21)5-7-19-14(22)10-3-1-2-4-11(10)15(19)23/h10-11H,1-9H2,(H,17,24)/t10-,11-/m1/s1. The number of imide groups is 2. The number of likely N-dealkylation sites (tertiary alicyclic amines) is 1. The number of nitrogens with zero attached hydrogens (tertiary/aromatic N) is 2. The van der Waals surface area contributed by atoms with E-state index in [1.165, 1.54) is 0 Å². The van der Waals surface area contributed by atoms with E-state index >= 15 is 0 Å². The molecular weight excluding hydrogens is 330 g/mol. The molecule has 0 aromatic carbocycles. The van der Waals surface area contributed by atoms with E-state index in [0.29, 0.717) is 6.54 Å². The number of rotatable bonds is 5. The van der Waals surface area contributed by atoms with Gasteiger partial charge in [-0.15, -0.1) is 0 Å². The number of ether oxygens (including phenoxy) is 1. The Morgan fingerprint density at radius 3 is 2.28 bits per heavy atom. The number of carbonyl (C=O) groups is 5. The van der Waals surface area contributed by atoms with Crippen molar-refractivity contribution in [3.63, 3.8) is 0 Å². The molecule has 2 heterocycles. The van der Waals surface area contributed by atoms with Crippen LogP contribution in [0.25, 0.3) is 0 Å². The van der Waals surface area contributed by atoms with Crippen molar-refractivity contribution in [1.29, 1.82) is 0 Å². The van der Waals surface area contributed by atoms with Gasteiger partial charge in [0.1, 0.15) is 0 Å². The van der Waals surface area contributed by atoms with Crippen LogP contribution in [0.5, 0.6) is 0 Å². The largest absolute Gasteiger partial charge is 0.455 e. The predicted octanol–water partition coefficient (Wildman–Crippen LogP) is -0.353. The van der Waals surface area contributed by atoms with E-state index in [2.05, 4.69) is 5.32 Å². The van der Waals surface area contributed by atoms with E-state index in [0.717, 1.165) is 35.5 Å². The Balaban J connectivity index is 1.44. The van der Waals surface area contributed by atoms with Gasteiger partial charge in [-0.1, -0.05) is 12.8 Å². The normalized spacial score (nSPS) is 25.8. The summed E-state index contributed by atoms with van der Waals surface area (Å²) in [6.07, 6.45) is 3.19. The average molecular weight is 351 g/mol. The first-order chi connectivity index (χ1) is 12.0. The number of nitrogens with one attached hydrogen (secondary N) is 1. The summed E-state index contributed by atoms with van der Waals surface area (Å²) in [5, 5.41) is 2.48. The molecule has 25 heavy (non-hydrogen) atoms. The van der Waals surface area contributed by atoms with Crippen LogP contribution in [0.4, 0.5) is 4.79 Å². The van der Waals surface area contributed by atoms with E-state index in [9.17, 15) is 24.0 Å². The molecule has 2 atom stereocenters. The van der Waals surface area contributed by atoms with E-state index in [-0.39, 0.29) is 43.2 Å².